The third-order valence-electron chi connectivity index (χ3n) is 2.66. The highest BCUT2D eigenvalue weighted by Crippen LogP contribution is 2.31. The number of aliphatic hydroxyl groups excluding tert-OH is 1. The minimum atomic E-state index is -0.155. The summed E-state index contributed by atoms with van der Waals surface area (Å²) in [7, 11) is 0. The van der Waals surface area contributed by atoms with Crippen LogP contribution in [0.1, 0.15) is 44.4 Å². The van der Waals surface area contributed by atoms with Crippen molar-refractivity contribution in [3.05, 3.63) is 34.3 Å². The Morgan fingerprint density at radius 1 is 1.38 bits per heavy atom. The highest BCUT2D eigenvalue weighted by Gasteiger charge is 2.21. The quantitative estimate of drug-likeness (QED) is 0.855. The van der Waals surface area contributed by atoms with E-state index < -0.39 is 0 Å². The summed E-state index contributed by atoms with van der Waals surface area (Å²) in [6, 6.07) is 5.66. The van der Waals surface area contributed by atoms with Crippen LogP contribution in [0.4, 0.5) is 0 Å². The van der Waals surface area contributed by atoms with Crippen LogP contribution in [0.25, 0.3) is 0 Å². The molecule has 3 N–H and O–H groups in total. The molecule has 0 aliphatic carbocycles. The molecule has 3 heteroatoms. The maximum absolute atomic E-state index is 8.95. The van der Waals surface area contributed by atoms with E-state index >= 15 is 0 Å². The summed E-state index contributed by atoms with van der Waals surface area (Å²) in [4.78, 5) is 0. The van der Waals surface area contributed by atoms with Crippen LogP contribution < -0.4 is 5.73 Å². The van der Waals surface area contributed by atoms with E-state index in [9.17, 15) is 0 Å². The van der Waals surface area contributed by atoms with E-state index in [1.807, 2.05) is 18.2 Å². The van der Waals surface area contributed by atoms with E-state index in [1.165, 1.54) is 5.56 Å². The zero-order chi connectivity index (χ0) is 12.3. The van der Waals surface area contributed by atoms with Crippen molar-refractivity contribution in [1.29, 1.82) is 0 Å². The maximum Gasteiger partial charge on any atom is 0.0449 e. The van der Waals surface area contributed by atoms with Gasteiger partial charge in [-0.15, -0.1) is 0 Å². The molecule has 0 aliphatic rings. The maximum atomic E-state index is 8.95. The monoisotopic (exact) mass is 241 g/mol. The molecule has 0 aromatic heterocycles. The van der Waals surface area contributed by atoms with Gasteiger partial charge in [-0.2, -0.15) is 0 Å². The van der Waals surface area contributed by atoms with Crippen LogP contribution in [0.15, 0.2) is 18.2 Å². The first-order valence-corrected chi connectivity index (χ1v) is 5.90. The van der Waals surface area contributed by atoms with Gasteiger partial charge in [-0.25, -0.2) is 0 Å². The van der Waals surface area contributed by atoms with E-state index in [1.54, 1.807) is 0 Å². The fourth-order valence-corrected chi connectivity index (χ4v) is 2.00. The first-order chi connectivity index (χ1) is 7.36. The van der Waals surface area contributed by atoms with Gasteiger partial charge in [0.1, 0.15) is 0 Å². The second-order valence-corrected chi connectivity index (χ2v) is 5.54. The van der Waals surface area contributed by atoms with E-state index in [-0.39, 0.29) is 18.1 Å². The Bertz CT molecular complexity index is 357. The molecule has 0 bridgehead atoms. The molecule has 0 saturated heterocycles. The van der Waals surface area contributed by atoms with Crippen molar-refractivity contribution in [1.82, 2.24) is 0 Å². The van der Waals surface area contributed by atoms with Crippen molar-refractivity contribution in [2.75, 3.05) is 6.61 Å². The summed E-state index contributed by atoms with van der Waals surface area (Å²) in [6.07, 6.45) is 0.559. The lowest BCUT2D eigenvalue weighted by Gasteiger charge is -2.26. The average molecular weight is 242 g/mol. The third kappa shape index (κ3) is 3.21. The van der Waals surface area contributed by atoms with Gasteiger partial charge in [0.25, 0.3) is 0 Å². The SMILES string of the molecule is CC(C)(C)c1ccc(Cl)cc1C(N)CCO. The predicted molar refractivity (Wildman–Crippen MR) is 68.8 cm³/mol. The standard InChI is InChI=1S/C13H20ClNO/c1-13(2,3)11-5-4-9(14)8-10(11)12(15)6-7-16/h4-5,8,12,16H,6-7,15H2,1-3H3. The van der Waals surface area contributed by atoms with Crippen LogP contribution >= 0.6 is 11.6 Å². The number of halogens is 1. The van der Waals surface area contributed by atoms with Crippen molar-refractivity contribution < 1.29 is 5.11 Å². The molecule has 0 aliphatic heterocycles. The molecule has 16 heavy (non-hydrogen) atoms. The zero-order valence-electron chi connectivity index (χ0n) is 10.1. The van der Waals surface area contributed by atoms with E-state index in [0.717, 1.165) is 5.56 Å². The normalized spacial score (nSPS) is 13.9. The molecule has 0 heterocycles. The van der Waals surface area contributed by atoms with Crippen LogP contribution in [0.5, 0.6) is 0 Å². The van der Waals surface area contributed by atoms with Gasteiger partial charge in [0, 0.05) is 17.7 Å². The smallest absolute Gasteiger partial charge is 0.0449 e. The van der Waals surface area contributed by atoms with Crippen LogP contribution in [-0.2, 0) is 5.41 Å². The molecule has 1 unspecified atom stereocenters. The van der Waals surface area contributed by atoms with Crippen LogP contribution in [0.2, 0.25) is 5.02 Å². The molecular weight excluding hydrogens is 222 g/mol. The summed E-state index contributed by atoms with van der Waals surface area (Å²) in [6.45, 7) is 6.53. The van der Waals surface area contributed by atoms with Crippen LogP contribution in [-0.4, -0.2) is 11.7 Å². The number of hydrogen-bond donors (Lipinski definition) is 2. The minimum Gasteiger partial charge on any atom is -0.396 e. The summed E-state index contributed by atoms with van der Waals surface area (Å²) >= 11 is 5.99. The number of rotatable bonds is 3. The second kappa shape index (κ2) is 5.17. The van der Waals surface area contributed by atoms with Crippen molar-refractivity contribution in [3.63, 3.8) is 0 Å². The number of hydrogen-bond acceptors (Lipinski definition) is 2. The molecule has 0 fully saturated rings. The zero-order valence-corrected chi connectivity index (χ0v) is 10.9. The number of aliphatic hydroxyl groups is 1. The van der Waals surface area contributed by atoms with E-state index in [2.05, 4.69) is 20.8 Å². The van der Waals surface area contributed by atoms with Crippen molar-refractivity contribution in [3.8, 4) is 0 Å². The molecule has 0 radical (unpaired) electrons. The Morgan fingerprint density at radius 3 is 2.50 bits per heavy atom. The predicted octanol–water partition coefficient (Wildman–Crippen LogP) is 3.02. The molecule has 1 rings (SSSR count). The second-order valence-electron chi connectivity index (χ2n) is 5.10. The highest BCUT2D eigenvalue weighted by atomic mass is 35.5. The van der Waals surface area contributed by atoms with Gasteiger partial charge in [0.15, 0.2) is 0 Å². The van der Waals surface area contributed by atoms with Gasteiger partial charge < -0.3 is 10.8 Å². The van der Waals surface area contributed by atoms with Crippen molar-refractivity contribution >= 4 is 11.6 Å². The summed E-state index contributed by atoms with van der Waals surface area (Å²) < 4.78 is 0. The Labute approximate surface area is 102 Å². The van der Waals surface area contributed by atoms with E-state index in [4.69, 9.17) is 22.4 Å². The fourth-order valence-electron chi connectivity index (χ4n) is 1.82. The highest BCUT2D eigenvalue weighted by molar-refractivity contribution is 6.30. The van der Waals surface area contributed by atoms with Gasteiger partial charge in [0.2, 0.25) is 0 Å². The van der Waals surface area contributed by atoms with Gasteiger partial charge in [-0.05, 0) is 35.1 Å². The Kier molecular flexibility index (Phi) is 4.36. The van der Waals surface area contributed by atoms with Gasteiger partial charge in [-0.3, -0.25) is 0 Å². The summed E-state index contributed by atoms with van der Waals surface area (Å²) in [5, 5.41) is 9.64. The molecule has 2 nitrogen and oxygen atoms in total. The molecule has 0 amide bonds. The average Bonchev–Trinajstić information content (AvgIpc) is 2.16. The third-order valence-corrected chi connectivity index (χ3v) is 2.90. The Hall–Kier alpha value is -0.570. The number of benzene rings is 1. The largest absolute Gasteiger partial charge is 0.396 e. The topological polar surface area (TPSA) is 46.2 Å². The lowest BCUT2D eigenvalue weighted by atomic mass is 9.81. The van der Waals surface area contributed by atoms with Crippen LogP contribution in [0.3, 0.4) is 0 Å². The first-order valence-electron chi connectivity index (χ1n) is 5.52. The summed E-state index contributed by atoms with van der Waals surface area (Å²) in [5.41, 5.74) is 8.32. The molecule has 90 valence electrons. The lowest BCUT2D eigenvalue weighted by molar-refractivity contribution is 0.276. The van der Waals surface area contributed by atoms with Crippen molar-refractivity contribution in [2.24, 2.45) is 5.73 Å². The summed E-state index contributed by atoms with van der Waals surface area (Å²) in [5.74, 6) is 0. The van der Waals surface area contributed by atoms with Gasteiger partial charge in [-0.1, -0.05) is 38.4 Å². The molecular formula is C13H20ClNO. The molecule has 1 atom stereocenters. The molecule has 1 aromatic rings. The van der Waals surface area contributed by atoms with Gasteiger partial charge in [0.05, 0.1) is 0 Å². The number of nitrogens with two attached hydrogens (primary N) is 1. The fraction of sp³-hybridized carbons (Fsp3) is 0.538. The molecule has 1 aromatic carbocycles. The Balaban J connectivity index is 3.18. The molecule has 0 spiro atoms. The van der Waals surface area contributed by atoms with Gasteiger partial charge >= 0.3 is 0 Å². The molecule has 0 saturated carbocycles. The lowest BCUT2D eigenvalue weighted by Crippen LogP contribution is -2.20. The minimum absolute atomic E-state index is 0.0347. The van der Waals surface area contributed by atoms with Crippen molar-refractivity contribution in [2.45, 2.75) is 38.6 Å². The van der Waals surface area contributed by atoms with E-state index in [0.29, 0.717) is 11.4 Å². The Morgan fingerprint density at radius 2 is 2.00 bits per heavy atom. The first kappa shape index (κ1) is 13.5. The van der Waals surface area contributed by atoms with Crippen LogP contribution in [0, 0.1) is 0 Å².